The molecule has 1 saturated heterocycles. The average molecular weight is 286 g/mol. The van der Waals surface area contributed by atoms with Gasteiger partial charge in [-0.15, -0.1) is 0 Å². The summed E-state index contributed by atoms with van der Waals surface area (Å²) in [5.41, 5.74) is 0. The van der Waals surface area contributed by atoms with Crippen LogP contribution in [0.2, 0.25) is 0 Å². The summed E-state index contributed by atoms with van der Waals surface area (Å²) in [4.78, 5) is 28.7. The van der Waals surface area contributed by atoms with E-state index in [0.717, 1.165) is 25.9 Å². The van der Waals surface area contributed by atoms with E-state index in [1.807, 2.05) is 0 Å². The number of likely N-dealkylation sites (tertiary alicyclic amines) is 1. The van der Waals surface area contributed by atoms with E-state index in [1.54, 1.807) is 0 Å². The van der Waals surface area contributed by atoms with E-state index in [-0.39, 0.29) is 6.42 Å². The van der Waals surface area contributed by atoms with Crippen molar-refractivity contribution < 1.29 is 28.9 Å². The first-order valence-corrected chi connectivity index (χ1v) is 8.39. The average Bonchev–Trinajstić information content (AvgIpc) is 2.63. The maximum Gasteiger partial charge on any atom is 0.524 e. The van der Waals surface area contributed by atoms with Gasteiger partial charge in [0.05, 0.1) is 0 Å². The number of aliphatic hydroxyl groups is 1. The quantitative estimate of drug-likeness (QED) is 0.510. The van der Waals surface area contributed by atoms with E-state index >= 15 is 0 Å². The highest BCUT2D eigenvalue weighted by Crippen LogP contribution is 2.53. The fraction of sp³-hybridized carbons (Fsp3) is 1.00. The Labute approximate surface area is 100 Å². The second-order valence-corrected chi connectivity index (χ2v) is 7.51. The van der Waals surface area contributed by atoms with Crippen LogP contribution in [0, 0.1) is 0 Å². The molecule has 0 bridgehead atoms. The van der Waals surface area contributed by atoms with Crippen LogP contribution < -0.4 is 0 Å². The lowest BCUT2D eigenvalue weighted by atomic mass is 10.2. The number of hydrogen-bond donors (Lipinski definition) is 4. The van der Waals surface area contributed by atoms with Gasteiger partial charge in [-0.25, -0.2) is 0 Å². The molecule has 7 nitrogen and oxygen atoms in total. The van der Waals surface area contributed by atoms with Gasteiger partial charge >= 0.3 is 21.0 Å². The summed E-state index contributed by atoms with van der Waals surface area (Å²) in [6.45, 7) is 2.29. The van der Waals surface area contributed by atoms with Gasteiger partial charge in [0.15, 0.2) is 0 Å². The molecule has 1 fully saturated rings. The Balaban J connectivity index is 2.50. The van der Waals surface area contributed by atoms with E-state index < -0.39 is 27.1 Å². The van der Waals surface area contributed by atoms with Crippen molar-refractivity contribution in [3.05, 3.63) is 0 Å². The molecule has 1 aliphatic heterocycles. The molecule has 1 rings (SSSR count). The molecule has 3 atom stereocenters. The fourth-order valence-corrected chi connectivity index (χ4v) is 4.04. The molecule has 0 aliphatic carbocycles. The van der Waals surface area contributed by atoms with Gasteiger partial charge in [0.25, 0.3) is 0 Å². The van der Waals surface area contributed by atoms with E-state index in [0.29, 0.717) is 6.54 Å². The lowest BCUT2D eigenvalue weighted by Gasteiger charge is -2.18. The molecule has 4 N–H and O–H groups in total. The highest BCUT2D eigenvalue weighted by atomic mass is 31.2. The molecule has 3 unspecified atom stereocenters. The second-order valence-electron chi connectivity index (χ2n) is 4.21. The molecule has 0 radical (unpaired) electrons. The summed E-state index contributed by atoms with van der Waals surface area (Å²) < 4.78 is 21.9. The summed E-state index contributed by atoms with van der Waals surface area (Å²) >= 11 is 0. The smallest absolute Gasteiger partial charge is 0.387 e. The number of nitrogens with zero attached hydrogens (tertiary/aromatic N) is 1. The number of hydrogen-bond acceptors (Lipinski definition) is 4. The lowest BCUT2D eigenvalue weighted by molar-refractivity contribution is 0.148. The van der Waals surface area contributed by atoms with Crippen LogP contribution in [0.5, 0.6) is 0 Å². The molecular weight excluding hydrogens is 268 g/mol. The van der Waals surface area contributed by atoms with Crippen LogP contribution in [0.15, 0.2) is 0 Å². The van der Waals surface area contributed by atoms with Gasteiger partial charge in [-0.05, 0) is 36.9 Å². The van der Waals surface area contributed by atoms with E-state index in [9.17, 15) is 14.2 Å². The maximum atomic E-state index is 11.0. The largest absolute Gasteiger partial charge is 0.524 e. The summed E-state index contributed by atoms with van der Waals surface area (Å²) in [6, 6.07) is 0. The Morgan fingerprint density at radius 3 is 2.24 bits per heavy atom. The topological polar surface area (TPSA) is 118 Å². The van der Waals surface area contributed by atoms with Gasteiger partial charge in [0.1, 0.15) is 6.10 Å². The third-order valence-electron chi connectivity index (χ3n) is 2.85. The highest BCUT2D eigenvalue weighted by molar-refractivity contribution is 7.65. The Morgan fingerprint density at radius 2 is 1.82 bits per heavy atom. The van der Waals surface area contributed by atoms with Crippen molar-refractivity contribution in [2.75, 3.05) is 19.6 Å². The summed E-state index contributed by atoms with van der Waals surface area (Å²) in [7, 11) is -7.85. The molecule has 1 heterocycles. The minimum Gasteiger partial charge on any atom is -0.387 e. The first-order valence-electron chi connectivity index (χ1n) is 5.43. The minimum absolute atomic E-state index is 0.0947. The minimum atomic E-state index is -4.75. The van der Waals surface area contributed by atoms with E-state index in [4.69, 9.17) is 14.7 Å². The zero-order chi connectivity index (χ0) is 13.1. The highest BCUT2D eigenvalue weighted by Gasteiger charge is 2.50. The van der Waals surface area contributed by atoms with Crippen LogP contribution in [0.4, 0.5) is 0 Å². The van der Waals surface area contributed by atoms with Gasteiger partial charge in [-0.2, -0.15) is 4.89 Å². The first-order chi connectivity index (χ1) is 7.82. The summed E-state index contributed by atoms with van der Waals surface area (Å²) in [6.07, 6.45) is 0.792. The second kappa shape index (κ2) is 6.34. The van der Waals surface area contributed by atoms with Crippen LogP contribution >= 0.6 is 15.6 Å². The molecule has 0 saturated carbocycles. The molecule has 17 heavy (non-hydrogen) atoms. The first kappa shape index (κ1) is 15.2. The van der Waals surface area contributed by atoms with Crippen molar-refractivity contribution >= 4 is 15.6 Å². The number of rotatable bonds is 6. The molecule has 0 aromatic heterocycles. The van der Waals surface area contributed by atoms with Gasteiger partial charge in [0, 0.05) is 6.54 Å². The molecule has 1 aliphatic rings. The van der Waals surface area contributed by atoms with Crippen LogP contribution in [-0.2, 0) is 9.13 Å². The zero-order valence-corrected chi connectivity index (χ0v) is 11.1. The van der Waals surface area contributed by atoms with Crippen LogP contribution in [0.25, 0.3) is 0 Å². The Bertz CT molecular complexity index is 313. The molecule has 9 heteroatoms. The normalized spacial score (nSPS) is 22.5. The van der Waals surface area contributed by atoms with Crippen molar-refractivity contribution in [3.63, 3.8) is 0 Å². The molecule has 0 aromatic carbocycles. The van der Waals surface area contributed by atoms with Crippen molar-refractivity contribution in [2.24, 2.45) is 0 Å². The molecule has 100 valence electrons. The van der Waals surface area contributed by atoms with E-state index in [1.165, 1.54) is 0 Å². The van der Waals surface area contributed by atoms with Gasteiger partial charge in [-0.1, -0.05) is 0 Å². The standard InChI is InChI=1S/C8H17NO6P2/c10-7(3-6-9-4-1-2-5-9)8(16(11)12)17(13,14)15/h7-8,10H,1-6H2,(H2-,11,12,13,14,15)/p+1. The predicted molar refractivity (Wildman–Crippen MR) is 62.0 cm³/mol. The van der Waals surface area contributed by atoms with Crippen LogP contribution in [0.1, 0.15) is 19.3 Å². The SMILES string of the molecule is O=[P+](O)C(C(O)CCN1CCCC1)P(=O)(O)O. The van der Waals surface area contributed by atoms with Crippen molar-refractivity contribution in [3.8, 4) is 0 Å². The van der Waals surface area contributed by atoms with Gasteiger partial charge < -0.3 is 19.8 Å². The van der Waals surface area contributed by atoms with Gasteiger partial charge in [0.2, 0.25) is 0 Å². The predicted octanol–water partition coefficient (Wildman–Crippen LogP) is 0.0717. The zero-order valence-electron chi connectivity index (χ0n) is 9.34. The third kappa shape index (κ3) is 4.72. The maximum absolute atomic E-state index is 11.0. The molecule has 0 spiro atoms. The van der Waals surface area contributed by atoms with Crippen molar-refractivity contribution in [2.45, 2.75) is 30.8 Å². The molecule has 0 amide bonds. The third-order valence-corrected chi connectivity index (χ3v) is 6.18. The lowest BCUT2D eigenvalue weighted by Crippen LogP contribution is -2.29. The van der Waals surface area contributed by atoms with Crippen molar-refractivity contribution in [1.82, 2.24) is 4.90 Å². The Hall–Kier alpha value is 0.130. The van der Waals surface area contributed by atoms with Crippen LogP contribution in [-0.4, -0.2) is 55.8 Å². The fourth-order valence-electron chi connectivity index (χ4n) is 1.97. The molecular formula is C8H18NO6P2+. The number of aliphatic hydroxyl groups excluding tert-OH is 1. The Kier molecular flexibility index (Phi) is 5.67. The van der Waals surface area contributed by atoms with Crippen molar-refractivity contribution in [1.29, 1.82) is 0 Å². The monoisotopic (exact) mass is 286 g/mol. The van der Waals surface area contributed by atoms with Crippen LogP contribution in [0.3, 0.4) is 0 Å². The van der Waals surface area contributed by atoms with Gasteiger partial charge in [-0.3, -0.25) is 4.57 Å². The summed E-state index contributed by atoms with van der Waals surface area (Å²) in [5.74, 6) is 0. The summed E-state index contributed by atoms with van der Waals surface area (Å²) in [5, 5.41) is 7.74. The Morgan fingerprint density at radius 1 is 1.29 bits per heavy atom. The molecule has 0 aromatic rings. The van der Waals surface area contributed by atoms with E-state index in [2.05, 4.69) is 4.90 Å².